The number of piperidine rings is 1. The predicted molar refractivity (Wildman–Crippen MR) is 84.4 cm³/mol. The van der Waals surface area contributed by atoms with Gasteiger partial charge in [-0.15, -0.1) is 0 Å². The highest BCUT2D eigenvalue weighted by Gasteiger charge is 2.36. The molecule has 7 heteroatoms. The van der Waals surface area contributed by atoms with Crippen LogP contribution in [0.25, 0.3) is 0 Å². The number of ether oxygens (including phenoxy) is 1. The third kappa shape index (κ3) is 3.79. The van der Waals surface area contributed by atoms with Gasteiger partial charge in [-0.25, -0.2) is 0 Å². The van der Waals surface area contributed by atoms with Crippen LogP contribution in [0, 0.1) is 10.1 Å². The molecule has 1 N–H and O–H groups in total. The molecule has 1 amide bonds. The summed E-state index contributed by atoms with van der Waals surface area (Å²) in [6.45, 7) is 2.05. The lowest BCUT2D eigenvalue weighted by atomic mass is 9.99. The van der Waals surface area contributed by atoms with Gasteiger partial charge >= 0.3 is 0 Å². The van der Waals surface area contributed by atoms with Gasteiger partial charge in [0.25, 0.3) is 11.6 Å². The van der Waals surface area contributed by atoms with E-state index in [0.717, 1.165) is 25.9 Å². The third-order valence-electron chi connectivity index (χ3n) is 4.60. The van der Waals surface area contributed by atoms with Crippen molar-refractivity contribution in [1.29, 1.82) is 0 Å². The second-order valence-electron chi connectivity index (χ2n) is 6.10. The minimum atomic E-state index is -0.483. The summed E-state index contributed by atoms with van der Waals surface area (Å²) in [5.74, 6) is 0.161. The summed E-state index contributed by atoms with van der Waals surface area (Å²) in [4.78, 5) is 24.8. The van der Waals surface area contributed by atoms with Crippen LogP contribution in [0.5, 0.6) is 5.75 Å². The van der Waals surface area contributed by atoms with Gasteiger partial charge in [-0.3, -0.25) is 19.8 Å². The van der Waals surface area contributed by atoms with Crippen LogP contribution in [-0.2, 0) is 4.79 Å². The Morgan fingerprint density at radius 1 is 1.35 bits per heavy atom. The number of nitrogens with zero attached hydrogens (tertiary/aromatic N) is 2. The number of fused-ring (bicyclic) bond motifs is 1. The van der Waals surface area contributed by atoms with Gasteiger partial charge in [0.05, 0.1) is 11.0 Å². The van der Waals surface area contributed by atoms with Crippen LogP contribution in [0.2, 0.25) is 0 Å². The largest absolute Gasteiger partial charge is 0.484 e. The van der Waals surface area contributed by atoms with E-state index in [9.17, 15) is 14.9 Å². The molecule has 1 aromatic carbocycles. The number of rotatable bonds is 5. The first-order chi connectivity index (χ1) is 11.1. The smallest absolute Gasteiger partial charge is 0.273 e. The monoisotopic (exact) mass is 319 g/mol. The van der Waals surface area contributed by atoms with E-state index < -0.39 is 4.92 Å². The lowest BCUT2D eigenvalue weighted by molar-refractivity contribution is -0.384. The number of carbonyl (C=O) groups excluding carboxylic acids is 1. The van der Waals surface area contributed by atoms with Crippen LogP contribution in [0.3, 0.4) is 0 Å². The molecule has 23 heavy (non-hydrogen) atoms. The summed E-state index contributed by atoms with van der Waals surface area (Å²) in [6, 6.07) is 6.51. The molecule has 0 aliphatic carbocycles. The van der Waals surface area contributed by atoms with E-state index >= 15 is 0 Å². The van der Waals surface area contributed by atoms with E-state index in [2.05, 4.69) is 10.2 Å². The Balaban J connectivity index is 1.50. The lowest BCUT2D eigenvalue weighted by Gasteiger charge is -2.32. The number of nitro groups is 1. The number of hydrogen-bond donors (Lipinski definition) is 1. The molecule has 3 rings (SSSR count). The molecule has 0 spiro atoms. The molecule has 124 valence electrons. The minimum absolute atomic E-state index is 0.0449. The quantitative estimate of drug-likeness (QED) is 0.660. The molecule has 0 bridgehead atoms. The topological polar surface area (TPSA) is 84.7 Å². The number of benzene rings is 1. The Labute approximate surface area is 134 Å². The molecule has 0 aromatic heterocycles. The Kier molecular flexibility index (Phi) is 4.76. The molecule has 2 aliphatic heterocycles. The van der Waals surface area contributed by atoms with Gasteiger partial charge in [-0.2, -0.15) is 0 Å². The first-order valence-corrected chi connectivity index (χ1v) is 8.04. The molecule has 2 heterocycles. The van der Waals surface area contributed by atoms with Crippen molar-refractivity contribution < 1.29 is 14.5 Å². The highest BCUT2D eigenvalue weighted by Crippen LogP contribution is 2.27. The standard InChI is InChI=1S/C16H21N3O4/c20-16(11-23-13-5-3-4-12(10-13)19(21)22)17-14-7-9-18-8-2-1-6-15(14)18/h3-5,10,14-15H,1-2,6-9,11H2,(H,17,20). The van der Waals surface area contributed by atoms with Crippen LogP contribution >= 0.6 is 0 Å². The van der Waals surface area contributed by atoms with E-state index in [-0.39, 0.29) is 24.2 Å². The fourth-order valence-corrected chi connectivity index (χ4v) is 3.50. The van der Waals surface area contributed by atoms with Crippen LogP contribution in [-0.4, -0.2) is 47.5 Å². The van der Waals surface area contributed by atoms with Crippen molar-refractivity contribution in [2.75, 3.05) is 19.7 Å². The van der Waals surface area contributed by atoms with Crippen molar-refractivity contribution >= 4 is 11.6 Å². The molecule has 2 atom stereocenters. The number of amides is 1. The number of nitro benzene ring substituents is 1. The summed E-state index contributed by atoms with van der Waals surface area (Å²) >= 11 is 0. The fraction of sp³-hybridized carbons (Fsp3) is 0.562. The zero-order chi connectivity index (χ0) is 16.2. The fourth-order valence-electron chi connectivity index (χ4n) is 3.50. The van der Waals surface area contributed by atoms with Gasteiger partial charge in [0.15, 0.2) is 6.61 Å². The van der Waals surface area contributed by atoms with Gasteiger partial charge in [0.1, 0.15) is 5.75 Å². The second kappa shape index (κ2) is 6.95. The van der Waals surface area contributed by atoms with E-state index in [1.165, 1.54) is 25.0 Å². The molecule has 2 aliphatic rings. The van der Waals surface area contributed by atoms with Gasteiger partial charge in [-0.05, 0) is 31.9 Å². The van der Waals surface area contributed by atoms with Gasteiger partial charge in [-0.1, -0.05) is 12.5 Å². The number of hydrogen-bond acceptors (Lipinski definition) is 5. The average Bonchev–Trinajstić information content (AvgIpc) is 2.96. The first-order valence-electron chi connectivity index (χ1n) is 8.04. The Bertz CT molecular complexity index is 592. The molecule has 0 radical (unpaired) electrons. The summed E-state index contributed by atoms with van der Waals surface area (Å²) in [5, 5.41) is 13.8. The molecular formula is C16H21N3O4. The first kappa shape index (κ1) is 15.7. The average molecular weight is 319 g/mol. The molecular weight excluding hydrogens is 298 g/mol. The van der Waals surface area contributed by atoms with Crippen LogP contribution < -0.4 is 10.1 Å². The summed E-state index contributed by atoms with van der Waals surface area (Å²) in [6.07, 6.45) is 4.58. The SMILES string of the molecule is O=C(COc1cccc([N+](=O)[O-])c1)NC1CCN2CCCCC12. The Hall–Kier alpha value is -2.15. The predicted octanol–water partition coefficient (Wildman–Crippen LogP) is 1.72. The maximum absolute atomic E-state index is 12.1. The highest BCUT2D eigenvalue weighted by atomic mass is 16.6. The molecule has 0 saturated carbocycles. The number of carbonyl (C=O) groups is 1. The van der Waals surface area contributed by atoms with Crippen LogP contribution in [0.1, 0.15) is 25.7 Å². The minimum Gasteiger partial charge on any atom is -0.484 e. The zero-order valence-electron chi connectivity index (χ0n) is 12.9. The second-order valence-corrected chi connectivity index (χ2v) is 6.10. The summed E-state index contributed by atoms with van der Waals surface area (Å²) in [7, 11) is 0. The number of non-ortho nitro benzene ring substituents is 1. The third-order valence-corrected chi connectivity index (χ3v) is 4.60. The van der Waals surface area contributed by atoms with E-state index in [4.69, 9.17) is 4.74 Å². The van der Waals surface area contributed by atoms with Crippen LogP contribution in [0.15, 0.2) is 24.3 Å². The van der Waals surface area contributed by atoms with Crippen molar-refractivity contribution in [3.8, 4) is 5.75 Å². The Morgan fingerprint density at radius 2 is 2.22 bits per heavy atom. The molecule has 2 unspecified atom stereocenters. The van der Waals surface area contributed by atoms with Crippen LogP contribution in [0.4, 0.5) is 5.69 Å². The van der Waals surface area contributed by atoms with Gasteiger partial charge < -0.3 is 10.1 Å². The maximum Gasteiger partial charge on any atom is 0.273 e. The van der Waals surface area contributed by atoms with E-state index in [1.54, 1.807) is 12.1 Å². The summed E-state index contributed by atoms with van der Waals surface area (Å²) < 4.78 is 5.37. The van der Waals surface area contributed by atoms with Crippen molar-refractivity contribution in [2.45, 2.75) is 37.8 Å². The van der Waals surface area contributed by atoms with Crippen molar-refractivity contribution in [3.63, 3.8) is 0 Å². The lowest BCUT2D eigenvalue weighted by Crippen LogP contribution is -2.47. The maximum atomic E-state index is 12.1. The van der Waals surface area contributed by atoms with Gasteiger partial charge in [0, 0.05) is 24.7 Å². The van der Waals surface area contributed by atoms with Crippen molar-refractivity contribution in [1.82, 2.24) is 10.2 Å². The van der Waals surface area contributed by atoms with E-state index in [1.807, 2.05) is 0 Å². The zero-order valence-corrected chi connectivity index (χ0v) is 12.9. The molecule has 2 fully saturated rings. The van der Waals surface area contributed by atoms with Crippen molar-refractivity contribution in [2.24, 2.45) is 0 Å². The normalized spacial score (nSPS) is 24.0. The summed E-state index contributed by atoms with van der Waals surface area (Å²) in [5.41, 5.74) is -0.0449. The number of nitrogens with one attached hydrogen (secondary N) is 1. The Morgan fingerprint density at radius 3 is 3.04 bits per heavy atom. The van der Waals surface area contributed by atoms with E-state index in [0.29, 0.717) is 11.8 Å². The highest BCUT2D eigenvalue weighted by molar-refractivity contribution is 5.78. The molecule has 1 aromatic rings. The van der Waals surface area contributed by atoms with Gasteiger partial charge in [0.2, 0.25) is 0 Å². The molecule has 2 saturated heterocycles. The molecule has 7 nitrogen and oxygen atoms in total. The van der Waals surface area contributed by atoms with Crippen molar-refractivity contribution in [3.05, 3.63) is 34.4 Å².